The van der Waals surface area contributed by atoms with Gasteiger partial charge in [0.1, 0.15) is 0 Å². The van der Waals surface area contributed by atoms with Crippen LogP contribution in [0.4, 0.5) is 34.1 Å². The monoisotopic (exact) mass is 768 g/mol. The average Bonchev–Trinajstić information content (AvgIpc) is 3.34. The fourth-order valence-electron chi connectivity index (χ4n) is 8.50. The van der Waals surface area contributed by atoms with Crippen LogP contribution in [0.5, 0.6) is 0 Å². The van der Waals surface area contributed by atoms with Crippen molar-refractivity contribution in [1.29, 1.82) is 0 Å². The molecule has 0 spiro atoms. The molecule has 9 aromatic carbocycles. The van der Waals surface area contributed by atoms with Crippen molar-refractivity contribution < 1.29 is 0 Å². The zero-order valence-electron chi connectivity index (χ0n) is 33.4. The van der Waals surface area contributed by atoms with E-state index in [1.807, 2.05) is 0 Å². The topological polar surface area (TPSA) is 6.48 Å². The van der Waals surface area contributed by atoms with Crippen LogP contribution in [0.2, 0.25) is 0 Å². The molecule has 1 aliphatic rings. The molecule has 0 aromatic heterocycles. The summed E-state index contributed by atoms with van der Waals surface area (Å²) in [7, 11) is 0. The summed E-state index contributed by atoms with van der Waals surface area (Å²) in [6.07, 6.45) is 6.75. The van der Waals surface area contributed by atoms with Crippen molar-refractivity contribution in [1.82, 2.24) is 0 Å². The Hall–Kier alpha value is -7.68. The summed E-state index contributed by atoms with van der Waals surface area (Å²) in [6.45, 7) is 0. The van der Waals surface area contributed by atoms with Crippen molar-refractivity contribution in [3.63, 3.8) is 0 Å². The first-order valence-corrected chi connectivity index (χ1v) is 20.8. The van der Waals surface area contributed by atoms with E-state index in [0.29, 0.717) is 0 Å². The molecular weight excluding hydrogens is 725 g/mol. The largest absolute Gasteiger partial charge is 0.311 e. The lowest BCUT2D eigenvalue weighted by atomic mass is 9.94. The molecule has 0 N–H and O–H groups in total. The molecule has 2 heteroatoms. The molecule has 9 aromatic rings. The second-order valence-electron chi connectivity index (χ2n) is 15.3. The molecule has 0 saturated carbocycles. The molecule has 0 aliphatic heterocycles. The van der Waals surface area contributed by atoms with Crippen LogP contribution in [-0.2, 0) is 6.42 Å². The van der Waals surface area contributed by atoms with E-state index in [9.17, 15) is 0 Å². The van der Waals surface area contributed by atoms with Crippen molar-refractivity contribution in [2.45, 2.75) is 12.8 Å². The van der Waals surface area contributed by atoms with Crippen LogP contribution in [0.15, 0.2) is 237 Å². The van der Waals surface area contributed by atoms with E-state index >= 15 is 0 Å². The van der Waals surface area contributed by atoms with Crippen LogP contribution >= 0.6 is 0 Å². The summed E-state index contributed by atoms with van der Waals surface area (Å²) in [5, 5.41) is 0. The molecular formula is C58H44N2. The SMILES string of the molecule is C1=Cc2c(cccc2N(c2ccccc2)c2ccccc2-c2ccc(-c3ccc(N(c4ccc(-c5ccccc5)cc4)c4ccc(-c5ccccc5)cc4)cc3)cc2)CC1. The lowest BCUT2D eigenvalue weighted by molar-refractivity contribution is 0.984. The molecule has 1 aliphatic carbocycles. The maximum absolute atomic E-state index is 2.42. The molecule has 0 bridgehead atoms. The van der Waals surface area contributed by atoms with Gasteiger partial charge < -0.3 is 9.80 Å². The zero-order chi connectivity index (χ0) is 40.1. The Balaban J connectivity index is 0.972. The molecule has 0 amide bonds. The van der Waals surface area contributed by atoms with E-state index in [1.54, 1.807) is 0 Å². The minimum absolute atomic E-state index is 1.06. The molecule has 0 saturated heterocycles. The zero-order valence-corrected chi connectivity index (χ0v) is 33.4. The van der Waals surface area contributed by atoms with Gasteiger partial charge >= 0.3 is 0 Å². The van der Waals surface area contributed by atoms with Gasteiger partial charge in [-0.3, -0.25) is 0 Å². The Morgan fingerprint density at radius 2 is 0.683 bits per heavy atom. The van der Waals surface area contributed by atoms with E-state index in [1.165, 1.54) is 61.3 Å². The van der Waals surface area contributed by atoms with Crippen molar-refractivity contribution >= 4 is 40.2 Å². The van der Waals surface area contributed by atoms with Gasteiger partial charge in [0.15, 0.2) is 0 Å². The number of nitrogens with zero attached hydrogens (tertiary/aromatic N) is 2. The molecule has 0 heterocycles. The van der Waals surface area contributed by atoms with Crippen molar-refractivity contribution in [2.75, 3.05) is 9.80 Å². The number of benzene rings is 9. The smallest absolute Gasteiger partial charge is 0.0540 e. The summed E-state index contributed by atoms with van der Waals surface area (Å²) < 4.78 is 0. The van der Waals surface area contributed by atoms with Gasteiger partial charge in [0.25, 0.3) is 0 Å². The van der Waals surface area contributed by atoms with E-state index in [-0.39, 0.29) is 0 Å². The first-order valence-electron chi connectivity index (χ1n) is 20.8. The molecule has 60 heavy (non-hydrogen) atoms. The Kier molecular flexibility index (Phi) is 10.2. The van der Waals surface area contributed by atoms with Crippen LogP contribution < -0.4 is 9.80 Å². The van der Waals surface area contributed by atoms with E-state index < -0.39 is 0 Å². The fourth-order valence-corrected chi connectivity index (χ4v) is 8.50. The Morgan fingerprint density at radius 3 is 1.22 bits per heavy atom. The number of fused-ring (bicyclic) bond motifs is 1. The molecule has 0 radical (unpaired) electrons. The highest BCUT2D eigenvalue weighted by molar-refractivity contribution is 5.91. The summed E-state index contributed by atoms with van der Waals surface area (Å²) in [5.74, 6) is 0. The standard InChI is InChI=1S/C58H44N2/c1-4-15-43(16-5-1)46-31-37-52(38-32-46)59(53-39-33-47(34-40-53)44-17-6-2-7-18-44)54-41-35-48(36-42-54)45-27-29-50(30-28-45)56-24-12-13-25-57(56)60(51-21-8-3-9-22-51)58-26-14-20-49-19-10-11-23-55(49)58/h1-9,11-18,20-42H,10,19H2. The predicted octanol–water partition coefficient (Wildman–Crippen LogP) is 16.3. The third kappa shape index (κ3) is 7.43. The van der Waals surface area contributed by atoms with Crippen molar-refractivity contribution in [3.8, 4) is 44.5 Å². The van der Waals surface area contributed by atoms with Gasteiger partial charge in [-0.05, 0) is 118 Å². The lowest BCUT2D eigenvalue weighted by Crippen LogP contribution is -2.13. The minimum atomic E-state index is 1.06. The molecule has 10 rings (SSSR count). The van der Waals surface area contributed by atoms with Gasteiger partial charge in [-0.2, -0.15) is 0 Å². The summed E-state index contributed by atoms with van der Waals surface area (Å²) in [6, 6.07) is 83.1. The Bertz CT molecular complexity index is 2780. The number of allylic oxidation sites excluding steroid dienone is 1. The number of hydrogen-bond acceptors (Lipinski definition) is 2. The van der Waals surface area contributed by atoms with Gasteiger partial charge in [0.05, 0.1) is 11.4 Å². The molecule has 2 nitrogen and oxygen atoms in total. The third-order valence-corrected chi connectivity index (χ3v) is 11.6. The highest BCUT2D eigenvalue weighted by Crippen LogP contribution is 2.44. The first-order chi connectivity index (χ1) is 29.8. The molecule has 0 unspecified atom stereocenters. The van der Waals surface area contributed by atoms with E-state index in [4.69, 9.17) is 0 Å². The summed E-state index contributed by atoms with van der Waals surface area (Å²) in [4.78, 5) is 4.76. The quantitative estimate of drug-likeness (QED) is 0.137. The second-order valence-corrected chi connectivity index (χ2v) is 15.3. The van der Waals surface area contributed by atoms with Gasteiger partial charge in [-0.1, -0.05) is 182 Å². The van der Waals surface area contributed by atoms with Crippen LogP contribution in [-0.4, -0.2) is 0 Å². The van der Waals surface area contributed by atoms with Crippen LogP contribution in [0.25, 0.3) is 50.6 Å². The first kappa shape index (κ1) is 36.6. The van der Waals surface area contributed by atoms with Gasteiger partial charge in [0, 0.05) is 33.9 Å². The third-order valence-electron chi connectivity index (χ3n) is 11.6. The predicted molar refractivity (Wildman–Crippen MR) is 255 cm³/mol. The van der Waals surface area contributed by atoms with Crippen molar-refractivity contribution in [2.24, 2.45) is 0 Å². The maximum atomic E-state index is 2.42. The Morgan fingerprint density at radius 1 is 0.283 bits per heavy atom. The highest BCUT2D eigenvalue weighted by atomic mass is 15.1. The number of aryl methyl sites for hydroxylation is 1. The number of anilines is 6. The van der Waals surface area contributed by atoms with Gasteiger partial charge in [-0.15, -0.1) is 0 Å². The van der Waals surface area contributed by atoms with E-state index in [0.717, 1.165) is 41.3 Å². The molecule has 0 fully saturated rings. The Labute approximate surface area is 353 Å². The molecule has 286 valence electrons. The number of hydrogen-bond donors (Lipinski definition) is 0. The van der Waals surface area contributed by atoms with E-state index in [2.05, 4.69) is 252 Å². The maximum Gasteiger partial charge on any atom is 0.0540 e. The summed E-state index contributed by atoms with van der Waals surface area (Å²) >= 11 is 0. The number of rotatable bonds is 10. The normalized spacial score (nSPS) is 11.8. The van der Waals surface area contributed by atoms with Crippen molar-refractivity contribution in [3.05, 3.63) is 248 Å². The van der Waals surface area contributed by atoms with Gasteiger partial charge in [-0.25, -0.2) is 0 Å². The highest BCUT2D eigenvalue weighted by Gasteiger charge is 2.21. The van der Waals surface area contributed by atoms with Crippen LogP contribution in [0, 0.1) is 0 Å². The lowest BCUT2D eigenvalue weighted by Gasteiger charge is -2.30. The van der Waals surface area contributed by atoms with Crippen LogP contribution in [0.1, 0.15) is 17.5 Å². The molecule has 0 atom stereocenters. The number of para-hydroxylation sites is 2. The summed E-state index contributed by atoms with van der Waals surface area (Å²) in [5.41, 5.74) is 19.0. The van der Waals surface area contributed by atoms with Gasteiger partial charge in [0.2, 0.25) is 0 Å². The van der Waals surface area contributed by atoms with Crippen LogP contribution in [0.3, 0.4) is 0 Å². The average molecular weight is 769 g/mol. The fraction of sp³-hybridized carbons (Fsp3) is 0.0345. The second kappa shape index (κ2) is 16.7. The minimum Gasteiger partial charge on any atom is -0.311 e.